The molecule has 0 aliphatic heterocycles. The zero-order valence-electron chi connectivity index (χ0n) is 11.6. The van der Waals surface area contributed by atoms with Crippen LogP contribution in [0.5, 0.6) is 0 Å². The molecule has 0 aromatic heterocycles. The van der Waals surface area contributed by atoms with Crippen LogP contribution in [0.1, 0.15) is 58.8 Å². The first kappa shape index (κ1) is 16.0. The fraction of sp³-hybridized carbons (Fsp3) is 0.529. The fourth-order valence-electron chi connectivity index (χ4n) is 1.48. The van der Waals surface area contributed by atoms with E-state index in [1.54, 1.807) is 0 Å². The van der Waals surface area contributed by atoms with E-state index >= 15 is 0 Å². The van der Waals surface area contributed by atoms with E-state index in [1.165, 1.54) is 25.7 Å². The zero-order valence-corrected chi connectivity index (χ0v) is 11.6. The maximum Gasteiger partial charge on any atom is -0.0169 e. The Morgan fingerprint density at radius 3 is 1.71 bits per heavy atom. The van der Waals surface area contributed by atoms with Crippen LogP contribution >= 0.6 is 0 Å². The Labute approximate surface area is 108 Å². The Kier molecular flexibility index (Phi) is 14.0. The van der Waals surface area contributed by atoms with E-state index in [9.17, 15) is 0 Å². The van der Waals surface area contributed by atoms with Crippen molar-refractivity contribution < 1.29 is 0 Å². The van der Waals surface area contributed by atoms with Gasteiger partial charge in [0.2, 0.25) is 0 Å². The van der Waals surface area contributed by atoms with Crippen molar-refractivity contribution in [1.82, 2.24) is 0 Å². The first-order valence-corrected chi connectivity index (χ1v) is 6.98. The Bertz CT molecular complexity index is 241. The molecule has 0 unspecified atom stereocenters. The normalized spacial score (nSPS) is 12.8. The van der Waals surface area contributed by atoms with Gasteiger partial charge >= 0.3 is 0 Å². The summed E-state index contributed by atoms with van der Waals surface area (Å²) in [6.45, 7) is 4.30. The van der Waals surface area contributed by atoms with Crippen LogP contribution in [-0.4, -0.2) is 0 Å². The second-order valence-electron chi connectivity index (χ2n) is 4.19. The van der Waals surface area contributed by atoms with E-state index in [0.717, 1.165) is 19.3 Å². The number of hydrogen-bond acceptors (Lipinski definition) is 0. The number of rotatable bonds is 10. The molecule has 0 amide bonds. The molecule has 0 saturated heterocycles. The van der Waals surface area contributed by atoms with Crippen LogP contribution in [0.4, 0.5) is 0 Å². The molecular weight excluding hydrogens is 204 g/mol. The molecule has 17 heavy (non-hydrogen) atoms. The van der Waals surface area contributed by atoms with Gasteiger partial charge in [-0.25, -0.2) is 0 Å². The summed E-state index contributed by atoms with van der Waals surface area (Å²) < 4.78 is 0. The second-order valence-corrected chi connectivity index (χ2v) is 4.19. The van der Waals surface area contributed by atoms with Crippen molar-refractivity contribution in [2.45, 2.75) is 58.8 Å². The molecular formula is C17H28. The van der Waals surface area contributed by atoms with Crippen molar-refractivity contribution in [2.24, 2.45) is 0 Å². The zero-order chi connectivity index (χ0) is 12.6. The number of allylic oxidation sites excluding steroid dienone is 8. The van der Waals surface area contributed by atoms with Gasteiger partial charge in [0, 0.05) is 0 Å². The first-order chi connectivity index (χ1) is 8.41. The van der Waals surface area contributed by atoms with Crippen LogP contribution in [0.15, 0.2) is 48.6 Å². The fourth-order valence-corrected chi connectivity index (χ4v) is 1.48. The van der Waals surface area contributed by atoms with Crippen molar-refractivity contribution in [3.8, 4) is 0 Å². The Morgan fingerprint density at radius 2 is 1.18 bits per heavy atom. The summed E-state index contributed by atoms with van der Waals surface area (Å²) in [5.41, 5.74) is 0. The predicted molar refractivity (Wildman–Crippen MR) is 80.2 cm³/mol. The third-order valence-electron chi connectivity index (χ3n) is 2.53. The van der Waals surface area contributed by atoms with E-state index in [4.69, 9.17) is 0 Å². The Balaban J connectivity index is 3.32. The summed E-state index contributed by atoms with van der Waals surface area (Å²) in [7, 11) is 0. The summed E-state index contributed by atoms with van der Waals surface area (Å²) >= 11 is 0. The van der Waals surface area contributed by atoms with Gasteiger partial charge in [0.1, 0.15) is 0 Å². The van der Waals surface area contributed by atoms with Crippen LogP contribution in [0.3, 0.4) is 0 Å². The largest absolute Gasteiger partial charge is 0.0914 e. The Morgan fingerprint density at radius 1 is 0.647 bits per heavy atom. The molecule has 0 aromatic carbocycles. The maximum atomic E-state index is 2.31. The predicted octanol–water partition coefficient (Wildman–Crippen LogP) is 5.98. The van der Waals surface area contributed by atoms with Crippen molar-refractivity contribution in [1.29, 1.82) is 0 Å². The molecule has 96 valence electrons. The lowest BCUT2D eigenvalue weighted by atomic mass is 10.2. The quantitative estimate of drug-likeness (QED) is 0.321. The average Bonchev–Trinajstić information content (AvgIpc) is 2.35. The van der Waals surface area contributed by atoms with Crippen molar-refractivity contribution in [3.63, 3.8) is 0 Å². The SMILES string of the molecule is C/C=C\C/C=C\C/C=C\C/C=C\CCCCC. The van der Waals surface area contributed by atoms with Gasteiger partial charge in [-0.1, -0.05) is 68.4 Å². The van der Waals surface area contributed by atoms with Gasteiger partial charge in [0.25, 0.3) is 0 Å². The minimum Gasteiger partial charge on any atom is -0.0914 e. The van der Waals surface area contributed by atoms with E-state index in [2.05, 4.69) is 62.5 Å². The minimum absolute atomic E-state index is 1.06. The van der Waals surface area contributed by atoms with E-state index in [1.807, 2.05) is 0 Å². The smallest absolute Gasteiger partial charge is 0.0169 e. The van der Waals surface area contributed by atoms with Gasteiger partial charge in [-0.05, 0) is 39.0 Å². The molecule has 0 heterocycles. The molecule has 0 aliphatic rings. The molecule has 0 saturated carbocycles. The molecule has 0 nitrogen and oxygen atoms in total. The molecule has 0 heteroatoms. The standard InChI is InChI=1S/C17H28/c1-3-5-7-9-11-13-15-17-16-14-12-10-8-6-4-2/h3,5,9,11-12,14-15,17H,4,6-8,10,13,16H2,1-2H3/b5-3-,11-9-,14-12-,17-15-. The van der Waals surface area contributed by atoms with E-state index in [-0.39, 0.29) is 0 Å². The molecule has 0 atom stereocenters. The molecule has 0 bridgehead atoms. The van der Waals surface area contributed by atoms with Gasteiger partial charge in [-0.2, -0.15) is 0 Å². The monoisotopic (exact) mass is 232 g/mol. The minimum atomic E-state index is 1.06. The highest BCUT2D eigenvalue weighted by Crippen LogP contribution is 2.00. The lowest BCUT2D eigenvalue weighted by Crippen LogP contribution is -1.70. The summed E-state index contributed by atoms with van der Waals surface area (Å²) in [5, 5.41) is 0. The van der Waals surface area contributed by atoms with Gasteiger partial charge in [-0.15, -0.1) is 0 Å². The van der Waals surface area contributed by atoms with Gasteiger partial charge in [0.15, 0.2) is 0 Å². The van der Waals surface area contributed by atoms with E-state index < -0.39 is 0 Å². The molecule has 0 rings (SSSR count). The van der Waals surface area contributed by atoms with Crippen LogP contribution in [0.2, 0.25) is 0 Å². The highest BCUT2D eigenvalue weighted by molar-refractivity contribution is 4.98. The third kappa shape index (κ3) is 15.0. The van der Waals surface area contributed by atoms with Crippen molar-refractivity contribution >= 4 is 0 Å². The van der Waals surface area contributed by atoms with Crippen LogP contribution in [0.25, 0.3) is 0 Å². The van der Waals surface area contributed by atoms with E-state index in [0.29, 0.717) is 0 Å². The number of unbranched alkanes of at least 4 members (excludes halogenated alkanes) is 3. The molecule has 0 N–H and O–H groups in total. The summed E-state index contributed by atoms with van der Waals surface area (Å²) in [5.74, 6) is 0. The van der Waals surface area contributed by atoms with Gasteiger partial charge < -0.3 is 0 Å². The van der Waals surface area contributed by atoms with Gasteiger partial charge in [0.05, 0.1) is 0 Å². The lowest BCUT2D eigenvalue weighted by molar-refractivity contribution is 0.728. The van der Waals surface area contributed by atoms with Crippen LogP contribution in [0, 0.1) is 0 Å². The Hall–Kier alpha value is -1.04. The lowest BCUT2D eigenvalue weighted by Gasteiger charge is -1.90. The molecule has 0 spiro atoms. The second kappa shape index (κ2) is 15.0. The summed E-state index contributed by atoms with van der Waals surface area (Å²) in [6, 6.07) is 0. The molecule has 0 aromatic rings. The summed E-state index contributed by atoms with van der Waals surface area (Å²) in [4.78, 5) is 0. The summed E-state index contributed by atoms with van der Waals surface area (Å²) in [6.07, 6.45) is 26.2. The van der Waals surface area contributed by atoms with Gasteiger partial charge in [-0.3, -0.25) is 0 Å². The van der Waals surface area contributed by atoms with Crippen molar-refractivity contribution in [2.75, 3.05) is 0 Å². The van der Waals surface area contributed by atoms with Crippen molar-refractivity contribution in [3.05, 3.63) is 48.6 Å². The maximum absolute atomic E-state index is 2.31. The first-order valence-electron chi connectivity index (χ1n) is 6.98. The average molecular weight is 232 g/mol. The highest BCUT2D eigenvalue weighted by atomic mass is 13.9. The number of hydrogen-bond donors (Lipinski definition) is 0. The molecule has 0 aliphatic carbocycles. The highest BCUT2D eigenvalue weighted by Gasteiger charge is 1.80. The molecule has 0 radical (unpaired) electrons. The topological polar surface area (TPSA) is 0 Å². The molecule has 0 fully saturated rings. The van der Waals surface area contributed by atoms with Crippen LogP contribution in [-0.2, 0) is 0 Å². The van der Waals surface area contributed by atoms with Crippen LogP contribution < -0.4 is 0 Å². The third-order valence-corrected chi connectivity index (χ3v) is 2.53.